The maximum atomic E-state index is 9.53. The van der Waals surface area contributed by atoms with Gasteiger partial charge in [0.25, 0.3) is 0 Å². The summed E-state index contributed by atoms with van der Waals surface area (Å²) < 4.78 is 28.6. The number of aliphatic hydroxyl groups is 1. The molecule has 0 amide bonds. The minimum absolute atomic E-state index is 0. The van der Waals surface area contributed by atoms with Gasteiger partial charge in [-0.05, 0) is 6.92 Å². The van der Waals surface area contributed by atoms with E-state index in [1.807, 2.05) is 0 Å². The van der Waals surface area contributed by atoms with E-state index in [4.69, 9.17) is 5.11 Å². The van der Waals surface area contributed by atoms with Crippen molar-refractivity contribution in [2.75, 3.05) is 0 Å². The standard InChI is InChI=1S/C2H6O4S.Li/c1-2(3)7(4,5)6;/h2-3H,1H3,(H,4,5,6);/q;+1/p-1. The zero-order valence-corrected chi connectivity index (χ0v) is 5.47. The first-order valence-corrected chi connectivity index (χ1v) is 3.04. The SMILES string of the molecule is CC(O)S(=O)(=O)[O-].[Li+]. The van der Waals surface area contributed by atoms with E-state index in [1.54, 1.807) is 0 Å². The third-order valence-electron chi connectivity index (χ3n) is 0.418. The van der Waals surface area contributed by atoms with Gasteiger partial charge >= 0.3 is 18.9 Å². The summed E-state index contributed by atoms with van der Waals surface area (Å²) in [5.74, 6) is 0. The molecular formula is C2H5LiO4S. The Morgan fingerprint density at radius 2 is 1.75 bits per heavy atom. The smallest absolute Gasteiger partial charge is 0.746 e. The van der Waals surface area contributed by atoms with Gasteiger partial charge in [-0.25, -0.2) is 8.42 Å². The number of hydrogen-bond donors (Lipinski definition) is 1. The van der Waals surface area contributed by atoms with Crippen LogP contribution in [-0.2, 0) is 10.1 Å². The quantitative estimate of drug-likeness (QED) is 0.290. The van der Waals surface area contributed by atoms with Gasteiger partial charge in [0.15, 0.2) is 0 Å². The third-order valence-corrected chi connectivity index (χ3v) is 1.25. The summed E-state index contributed by atoms with van der Waals surface area (Å²) in [6, 6.07) is 0. The van der Waals surface area contributed by atoms with Gasteiger partial charge in [0, 0.05) is 0 Å². The third kappa shape index (κ3) is 4.62. The molecule has 44 valence electrons. The van der Waals surface area contributed by atoms with Crippen LogP contribution in [0, 0.1) is 0 Å². The molecule has 8 heavy (non-hydrogen) atoms. The molecule has 1 unspecified atom stereocenters. The monoisotopic (exact) mass is 132 g/mol. The number of aliphatic hydroxyl groups excluding tert-OH is 1. The fraction of sp³-hybridized carbons (Fsp3) is 1.00. The van der Waals surface area contributed by atoms with Crippen molar-refractivity contribution in [3.05, 3.63) is 0 Å². The first-order chi connectivity index (χ1) is 2.94. The molecule has 0 saturated heterocycles. The Balaban J connectivity index is 0. The first kappa shape index (κ1) is 11.3. The molecule has 0 fully saturated rings. The van der Waals surface area contributed by atoms with E-state index >= 15 is 0 Å². The van der Waals surface area contributed by atoms with Crippen LogP contribution in [0.3, 0.4) is 0 Å². The predicted octanol–water partition coefficient (Wildman–Crippen LogP) is -4.13. The second kappa shape index (κ2) is 3.48. The summed E-state index contributed by atoms with van der Waals surface area (Å²) >= 11 is 0. The molecule has 0 aromatic carbocycles. The van der Waals surface area contributed by atoms with E-state index in [2.05, 4.69) is 0 Å². The van der Waals surface area contributed by atoms with Gasteiger partial charge in [0.1, 0.15) is 15.6 Å². The molecule has 0 aromatic heterocycles. The van der Waals surface area contributed by atoms with Crippen LogP contribution in [0.4, 0.5) is 0 Å². The Kier molecular flexibility index (Phi) is 4.92. The van der Waals surface area contributed by atoms with Crippen LogP contribution >= 0.6 is 0 Å². The van der Waals surface area contributed by atoms with Gasteiger partial charge < -0.3 is 9.66 Å². The largest absolute Gasteiger partial charge is 1.00 e. The zero-order valence-electron chi connectivity index (χ0n) is 4.66. The van der Waals surface area contributed by atoms with E-state index in [0.717, 1.165) is 6.92 Å². The molecule has 0 bridgehead atoms. The fourth-order valence-corrected chi connectivity index (χ4v) is 0. The van der Waals surface area contributed by atoms with Crippen molar-refractivity contribution in [1.29, 1.82) is 0 Å². The molecule has 0 rings (SSSR count). The van der Waals surface area contributed by atoms with Crippen molar-refractivity contribution >= 4 is 10.1 Å². The van der Waals surface area contributed by atoms with Crippen molar-refractivity contribution in [2.24, 2.45) is 0 Å². The van der Waals surface area contributed by atoms with Crippen molar-refractivity contribution < 1.29 is 36.9 Å². The minimum Gasteiger partial charge on any atom is -0.746 e. The van der Waals surface area contributed by atoms with Crippen LogP contribution in [-0.4, -0.2) is 23.5 Å². The maximum absolute atomic E-state index is 9.53. The van der Waals surface area contributed by atoms with Crippen LogP contribution in [0.15, 0.2) is 0 Å². The molecule has 0 spiro atoms. The molecule has 0 saturated carbocycles. The van der Waals surface area contributed by atoms with E-state index in [0.29, 0.717) is 0 Å². The minimum atomic E-state index is -4.44. The van der Waals surface area contributed by atoms with E-state index < -0.39 is 15.6 Å². The molecule has 1 atom stereocenters. The van der Waals surface area contributed by atoms with E-state index in [-0.39, 0.29) is 18.9 Å². The molecule has 4 nitrogen and oxygen atoms in total. The summed E-state index contributed by atoms with van der Waals surface area (Å²) in [6.45, 7) is 0.905. The van der Waals surface area contributed by atoms with Crippen LogP contribution in [0.2, 0.25) is 0 Å². The van der Waals surface area contributed by atoms with Crippen LogP contribution in [0.25, 0.3) is 0 Å². The Morgan fingerprint density at radius 1 is 1.62 bits per heavy atom. The maximum Gasteiger partial charge on any atom is 1.00 e. The van der Waals surface area contributed by atoms with E-state index in [9.17, 15) is 13.0 Å². The van der Waals surface area contributed by atoms with Crippen molar-refractivity contribution in [1.82, 2.24) is 0 Å². The molecule has 1 N–H and O–H groups in total. The molecule has 0 heterocycles. The van der Waals surface area contributed by atoms with Gasteiger partial charge in [-0.3, -0.25) is 0 Å². The topological polar surface area (TPSA) is 77.4 Å². The van der Waals surface area contributed by atoms with Crippen LogP contribution < -0.4 is 18.9 Å². The van der Waals surface area contributed by atoms with Crippen molar-refractivity contribution in [2.45, 2.75) is 12.4 Å². The Labute approximate surface area is 59.8 Å². The summed E-state index contributed by atoms with van der Waals surface area (Å²) in [7, 11) is -4.44. The molecule has 0 aliphatic rings. The Bertz CT molecular complexity index is 136. The molecular weight excluding hydrogens is 127 g/mol. The van der Waals surface area contributed by atoms with Gasteiger partial charge in [0.2, 0.25) is 0 Å². The second-order valence-electron chi connectivity index (χ2n) is 1.09. The summed E-state index contributed by atoms with van der Waals surface area (Å²) in [4.78, 5) is 0. The molecule has 0 radical (unpaired) electrons. The summed E-state index contributed by atoms with van der Waals surface area (Å²) in [6.07, 6.45) is 0. The average Bonchev–Trinajstić information content (AvgIpc) is 1.31. The molecule has 0 aliphatic heterocycles. The van der Waals surface area contributed by atoms with Crippen LogP contribution in [0.5, 0.6) is 0 Å². The molecule has 6 heteroatoms. The molecule has 0 aromatic rings. The average molecular weight is 132 g/mol. The first-order valence-electron chi connectivity index (χ1n) is 1.57. The Hall–Kier alpha value is 0.467. The summed E-state index contributed by atoms with van der Waals surface area (Å²) in [5.41, 5.74) is -1.78. The fourth-order valence-electron chi connectivity index (χ4n) is 0. The summed E-state index contributed by atoms with van der Waals surface area (Å²) in [5, 5.41) is 7.99. The van der Waals surface area contributed by atoms with Crippen molar-refractivity contribution in [3.8, 4) is 0 Å². The van der Waals surface area contributed by atoms with Crippen LogP contribution in [0.1, 0.15) is 6.92 Å². The number of rotatable bonds is 1. The number of hydrogen-bond acceptors (Lipinski definition) is 4. The van der Waals surface area contributed by atoms with Crippen molar-refractivity contribution in [3.63, 3.8) is 0 Å². The van der Waals surface area contributed by atoms with E-state index in [1.165, 1.54) is 0 Å². The molecule has 0 aliphatic carbocycles. The normalized spacial score (nSPS) is 14.4. The predicted molar refractivity (Wildman–Crippen MR) is 21.4 cm³/mol. The second-order valence-corrected chi connectivity index (χ2v) is 2.76. The zero-order chi connectivity index (χ0) is 6.08. The van der Waals surface area contributed by atoms with Gasteiger partial charge in [-0.1, -0.05) is 0 Å². The Morgan fingerprint density at radius 3 is 1.75 bits per heavy atom. The van der Waals surface area contributed by atoms with Gasteiger partial charge in [-0.15, -0.1) is 0 Å². The van der Waals surface area contributed by atoms with Gasteiger partial charge in [0.05, 0.1) is 0 Å². The van der Waals surface area contributed by atoms with Gasteiger partial charge in [-0.2, -0.15) is 0 Å².